The van der Waals surface area contributed by atoms with Crippen molar-refractivity contribution in [2.45, 2.75) is 58.5 Å². The standard InChI is InChI=1S/C26H36N2O4/c1-4-6-17-27-26(30)24(5-2)28(20-21-12-10-15-23(19-21)31-3)25(29)16-11-18-32-22-13-8-7-9-14-22/h7-10,12-15,19,24H,4-6,11,16-18,20H2,1-3H3,(H,27,30). The van der Waals surface area contributed by atoms with E-state index in [4.69, 9.17) is 9.47 Å². The smallest absolute Gasteiger partial charge is 0.242 e. The lowest BCUT2D eigenvalue weighted by molar-refractivity contribution is -0.141. The van der Waals surface area contributed by atoms with Gasteiger partial charge in [-0.3, -0.25) is 9.59 Å². The summed E-state index contributed by atoms with van der Waals surface area (Å²) in [4.78, 5) is 27.8. The van der Waals surface area contributed by atoms with E-state index in [1.165, 1.54) is 0 Å². The molecule has 6 nitrogen and oxygen atoms in total. The van der Waals surface area contributed by atoms with Crippen molar-refractivity contribution >= 4 is 11.8 Å². The topological polar surface area (TPSA) is 67.9 Å². The molecule has 0 aromatic heterocycles. The molecule has 2 aromatic rings. The Bertz CT molecular complexity index is 826. The maximum absolute atomic E-state index is 13.2. The number of nitrogens with one attached hydrogen (secondary N) is 1. The monoisotopic (exact) mass is 440 g/mol. The first-order valence-corrected chi connectivity index (χ1v) is 11.5. The van der Waals surface area contributed by atoms with E-state index in [1.807, 2.05) is 61.5 Å². The first-order chi connectivity index (χ1) is 15.6. The first kappa shape index (κ1) is 25.2. The summed E-state index contributed by atoms with van der Waals surface area (Å²) in [6.45, 7) is 5.45. The summed E-state index contributed by atoms with van der Waals surface area (Å²) < 4.78 is 11.0. The molecule has 0 aliphatic carbocycles. The van der Waals surface area contributed by atoms with Gasteiger partial charge in [0.05, 0.1) is 13.7 Å². The summed E-state index contributed by atoms with van der Waals surface area (Å²) in [5.41, 5.74) is 0.929. The van der Waals surface area contributed by atoms with Crippen LogP contribution in [0.25, 0.3) is 0 Å². The maximum atomic E-state index is 13.2. The Labute approximate surface area is 191 Å². The molecule has 0 fully saturated rings. The van der Waals surface area contributed by atoms with Crippen LogP contribution in [0.3, 0.4) is 0 Å². The summed E-state index contributed by atoms with van der Waals surface area (Å²) in [6, 6.07) is 16.7. The van der Waals surface area contributed by atoms with Crippen LogP contribution in [0.15, 0.2) is 54.6 Å². The predicted molar refractivity (Wildman–Crippen MR) is 127 cm³/mol. The molecule has 0 saturated carbocycles. The molecule has 1 atom stereocenters. The molecule has 0 aliphatic rings. The van der Waals surface area contributed by atoms with Crippen LogP contribution < -0.4 is 14.8 Å². The van der Waals surface area contributed by atoms with E-state index < -0.39 is 6.04 Å². The van der Waals surface area contributed by atoms with E-state index in [0.29, 0.717) is 39.0 Å². The molecule has 0 spiro atoms. The van der Waals surface area contributed by atoms with Crippen LogP contribution in [-0.2, 0) is 16.1 Å². The number of nitrogens with zero attached hydrogens (tertiary/aromatic N) is 1. The molecular weight excluding hydrogens is 404 g/mol. The number of carbonyl (C=O) groups is 2. The molecule has 1 N–H and O–H groups in total. The highest BCUT2D eigenvalue weighted by molar-refractivity contribution is 5.87. The van der Waals surface area contributed by atoms with Crippen LogP contribution >= 0.6 is 0 Å². The summed E-state index contributed by atoms with van der Waals surface area (Å²) in [5, 5.41) is 2.98. The number of carbonyl (C=O) groups excluding carboxylic acids is 2. The second kappa shape index (κ2) is 14.1. The van der Waals surface area contributed by atoms with Crippen LogP contribution in [0.4, 0.5) is 0 Å². The van der Waals surface area contributed by atoms with Crippen molar-refractivity contribution < 1.29 is 19.1 Å². The van der Waals surface area contributed by atoms with Gasteiger partial charge in [-0.05, 0) is 49.1 Å². The highest BCUT2D eigenvalue weighted by atomic mass is 16.5. The van der Waals surface area contributed by atoms with Crippen LogP contribution in [-0.4, -0.2) is 43.0 Å². The van der Waals surface area contributed by atoms with E-state index in [2.05, 4.69) is 12.2 Å². The number of ether oxygens (including phenoxy) is 2. The van der Waals surface area contributed by atoms with Crippen LogP contribution in [0, 0.1) is 0 Å². The van der Waals surface area contributed by atoms with Crippen LogP contribution in [0.1, 0.15) is 51.5 Å². The average Bonchev–Trinajstić information content (AvgIpc) is 2.82. The van der Waals surface area contributed by atoms with E-state index in [0.717, 1.165) is 29.9 Å². The molecule has 0 bridgehead atoms. The van der Waals surface area contributed by atoms with Gasteiger partial charge in [0.25, 0.3) is 0 Å². The van der Waals surface area contributed by atoms with Crippen molar-refractivity contribution in [2.24, 2.45) is 0 Å². The molecule has 1 unspecified atom stereocenters. The van der Waals surface area contributed by atoms with Gasteiger partial charge in [-0.15, -0.1) is 0 Å². The summed E-state index contributed by atoms with van der Waals surface area (Å²) in [6.07, 6.45) is 3.37. The molecule has 2 rings (SSSR count). The number of methoxy groups -OCH3 is 1. The normalized spacial score (nSPS) is 11.5. The lowest BCUT2D eigenvalue weighted by Gasteiger charge is -2.31. The van der Waals surface area contributed by atoms with Gasteiger partial charge in [-0.2, -0.15) is 0 Å². The van der Waals surface area contributed by atoms with Crippen molar-refractivity contribution in [3.8, 4) is 11.5 Å². The van der Waals surface area contributed by atoms with Crippen molar-refractivity contribution in [3.63, 3.8) is 0 Å². The largest absolute Gasteiger partial charge is 0.497 e. The van der Waals surface area contributed by atoms with Crippen molar-refractivity contribution in [2.75, 3.05) is 20.3 Å². The van der Waals surface area contributed by atoms with Crippen molar-refractivity contribution in [1.29, 1.82) is 0 Å². The molecular formula is C26H36N2O4. The Balaban J connectivity index is 2.06. The van der Waals surface area contributed by atoms with Crippen LogP contribution in [0.2, 0.25) is 0 Å². The Kier molecular flexibility index (Phi) is 11.1. The predicted octanol–water partition coefficient (Wildman–Crippen LogP) is 4.58. The second-order valence-electron chi connectivity index (χ2n) is 7.71. The minimum Gasteiger partial charge on any atom is -0.497 e. The van der Waals surface area contributed by atoms with Crippen LogP contribution in [0.5, 0.6) is 11.5 Å². The molecule has 0 aliphatic heterocycles. The fraction of sp³-hybridized carbons (Fsp3) is 0.462. The maximum Gasteiger partial charge on any atom is 0.242 e. The molecule has 2 aromatic carbocycles. The highest BCUT2D eigenvalue weighted by Gasteiger charge is 2.28. The third-order valence-electron chi connectivity index (χ3n) is 5.25. The molecule has 0 radical (unpaired) electrons. The molecule has 6 heteroatoms. The van der Waals surface area contributed by atoms with Gasteiger partial charge in [0, 0.05) is 19.5 Å². The number of unbranched alkanes of at least 4 members (excludes halogenated alkanes) is 1. The summed E-state index contributed by atoms with van der Waals surface area (Å²) in [7, 11) is 1.62. The highest BCUT2D eigenvalue weighted by Crippen LogP contribution is 2.18. The van der Waals surface area contributed by atoms with E-state index in [1.54, 1.807) is 12.0 Å². The Morgan fingerprint density at radius 2 is 1.75 bits per heavy atom. The minimum absolute atomic E-state index is 0.0537. The SMILES string of the molecule is CCCCNC(=O)C(CC)N(Cc1cccc(OC)c1)C(=O)CCCOc1ccccc1. The van der Waals surface area contributed by atoms with Gasteiger partial charge >= 0.3 is 0 Å². The number of amides is 2. The summed E-state index contributed by atoms with van der Waals surface area (Å²) in [5.74, 6) is 1.36. The Morgan fingerprint density at radius 3 is 2.44 bits per heavy atom. The first-order valence-electron chi connectivity index (χ1n) is 11.5. The van der Waals surface area contributed by atoms with Gasteiger partial charge in [-0.1, -0.05) is 50.6 Å². The third-order valence-corrected chi connectivity index (χ3v) is 5.25. The number of benzene rings is 2. The van der Waals surface area contributed by atoms with E-state index >= 15 is 0 Å². The zero-order valence-electron chi connectivity index (χ0n) is 19.5. The molecule has 174 valence electrons. The molecule has 2 amide bonds. The second-order valence-corrected chi connectivity index (χ2v) is 7.71. The van der Waals surface area contributed by atoms with E-state index in [9.17, 15) is 9.59 Å². The van der Waals surface area contributed by atoms with Gasteiger partial charge in [-0.25, -0.2) is 0 Å². The molecule has 0 saturated heterocycles. The van der Waals surface area contributed by atoms with Gasteiger partial charge < -0.3 is 19.7 Å². The van der Waals surface area contributed by atoms with Gasteiger partial charge in [0.1, 0.15) is 17.5 Å². The Hall–Kier alpha value is -3.02. The lowest BCUT2D eigenvalue weighted by Crippen LogP contribution is -2.49. The quantitative estimate of drug-likeness (QED) is 0.437. The zero-order valence-corrected chi connectivity index (χ0v) is 19.5. The average molecular weight is 441 g/mol. The van der Waals surface area contributed by atoms with Gasteiger partial charge in [0.15, 0.2) is 0 Å². The molecule has 32 heavy (non-hydrogen) atoms. The minimum atomic E-state index is -0.513. The zero-order chi connectivity index (χ0) is 23.2. The molecule has 0 heterocycles. The number of rotatable bonds is 14. The van der Waals surface area contributed by atoms with Crippen molar-refractivity contribution in [1.82, 2.24) is 10.2 Å². The third kappa shape index (κ3) is 8.25. The number of hydrogen-bond acceptors (Lipinski definition) is 4. The summed E-state index contributed by atoms with van der Waals surface area (Å²) >= 11 is 0. The Morgan fingerprint density at radius 1 is 1.00 bits per heavy atom. The van der Waals surface area contributed by atoms with E-state index in [-0.39, 0.29) is 11.8 Å². The number of hydrogen-bond donors (Lipinski definition) is 1. The number of para-hydroxylation sites is 1. The van der Waals surface area contributed by atoms with Gasteiger partial charge in [0.2, 0.25) is 11.8 Å². The van der Waals surface area contributed by atoms with Crippen molar-refractivity contribution in [3.05, 3.63) is 60.2 Å². The fourth-order valence-corrected chi connectivity index (χ4v) is 3.47. The fourth-order valence-electron chi connectivity index (χ4n) is 3.47. The lowest BCUT2D eigenvalue weighted by atomic mass is 10.1.